The highest BCUT2D eigenvalue weighted by Crippen LogP contribution is 2.20. The number of nitrogens with two attached hydrogens (primary N) is 5. The van der Waals surface area contributed by atoms with Gasteiger partial charge in [-0.25, -0.2) is 4.79 Å². The molecule has 0 heterocycles. The standard InChI is InChI=1S/C82H140N20O20/c1-18-45(13)64(100-72(112)51(28-25-35-88-82(86)87)92-78(118)65(46(14)19-2)101-80(120)66(47(15)20-3)99-68(108)49(17)89-69(109)54(31-34-62(106)107)93-77(117)63(44(11)12)98-61(105)40-83)79(119)97-57(38-43(9)10)73(113)91-52(29-32-59(84)103)70(110)90-53(30-33-60(85)104)71(111)94-55(36-41(5)6)74(114)95-56(37-42(7)8)75(115)96-58(39-50-26-23-22-24-27-50)76(116)102-67(81(121)122)48(16)21-4/h22-24,26-27,41-49,51-58,63-67H,18-21,25,28-40,83H2,1-17H3,(H2,84,103)(H2,85,104)(H,89,109)(H,90,110)(H,91,113)(H,92,118)(H,93,117)(H,94,111)(H,95,114)(H,96,115)(H,97,119)(H,98,105)(H,99,108)(H,100,112)(H,101,120)(H,102,116)(H,106,107)(H,121,122)(H4,86,87,88)/t45-,46-,47-,48-,49-,51-,52-,53-,54-,55-,56-,57-,58-,63-,64-,65-,66-,67-/m0/s1. The van der Waals surface area contributed by atoms with E-state index in [1.807, 2.05) is 0 Å². The number of nitrogens with zero attached hydrogens (tertiary/aromatic N) is 1. The maximum Gasteiger partial charge on any atom is 0.326 e. The van der Waals surface area contributed by atoms with Crippen LogP contribution in [0.3, 0.4) is 0 Å². The third-order valence-corrected chi connectivity index (χ3v) is 20.8. The number of amides is 16. The van der Waals surface area contributed by atoms with Crippen LogP contribution in [0.2, 0.25) is 0 Å². The maximum absolute atomic E-state index is 14.9. The molecule has 0 aromatic heterocycles. The van der Waals surface area contributed by atoms with Gasteiger partial charge in [-0.15, -0.1) is 0 Å². The van der Waals surface area contributed by atoms with Crippen LogP contribution in [-0.2, 0) is 92.7 Å². The van der Waals surface area contributed by atoms with Crippen molar-refractivity contribution in [2.24, 2.45) is 81.0 Å². The Labute approximate surface area is 715 Å². The Morgan fingerprint density at radius 3 is 1.02 bits per heavy atom. The lowest BCUT2D eigenvalue weighted by molar-refractivity contribution is -0.144. The Bertz CT molecular complexity index is 3690. The summed E-state index contributed by atoms with van der Waals surface area (Å²) in [5.74, 6) is -21.2. The number of carboxylic acid groups (broad SMARTS) is 2. The number of hydrogen-bond donors (Lipinski definition) is 21. The van der Waals surface area contributed by atoms with Gasteiger partial charge in [-0.2, -0.15) is 0 Å². The normalized spacial score (nSPS) is 15.7. The summed E-state index contributed by atoms with van der Waals surface area (Å²) in [6.45, 7) is 27.9. The molecular formula is C82H140N20O20. The molecule has 0 unspecified atom stereocenters. The van der Waals surface area contributed by atoms with E-state index in [-0.39, 0.29) is 88.0 Å². The van der Waals surface area contributed by atoms with E-state index >= 15 is 0 Å². The molecule has 18 atom stereocenters. The van der Waals surface area contributed by atoms with Crippen molar-refractivity contribution < 1.29 is 96.5 Å². The molecule has 40 nitrogen and oxygen atoms in total. The molecule has 40 heteroatoms. The molecule has 0 saturated heterocycles. The van der Waals surface area contributed by atoms with Crippen LogP contribution in [0.1, 0.15) is 220 Å². The van der Waals surface area contributed by atoms with Crippen LogP contribution in [0.15, 0.2) is 35.3 Å². The molecule has 1 rings (SSSR count). The first-order valence-electron chi connectivity index (χ1n) is 42.1. The summed E-state index contributed by atoms with van der Waals surface area (Å²) in [6.07, 6.45) is -2.19. The number of guanidine groups is 1. The van der Waals surface area contributed by atoms with Gasteiger partial charge in [0.25, 0.3) is 0 Å². The van der Waals surface area contributed by atoms with Gasteiger partial charge in [-0.3, -0.25) is 86.5 Å². The predicted octanol–water partition coefficient (Wildman–Crippen LogP) is -1.49. The minimum absolute atomic E-state index is 0.0101. The molecule has 16 amide bonds. The molecule has 122 heavy (non-hydrogen) atoms. The van der Waals surface area contributed by atoms with Gasteiger partial charge in [0.05, 0.1) is 6.54 Å². The summed E-state index contributed by atoms with van der Waals surface area (Å²) in [5, 5.41) is 56.1. The van der Waals surface area contributed by atoms with Gasteiger partial charge in [-0.05, 0) is 111 Å². The van der Waals surface area contributed by atoms with E-state index < -0.39 is 266 Å². The van der Waals surface area contributed by atoms with E-state index in [2.05, 4.69) is 79.4 Å². The van der Waals surface area contributed by atoms with Crippen LogP contribution in [-0.4, -0.2) is 220 Å². The van der Waals surface area contributed by atoms with Gasteiger partial charge in [0.15, 0.2) is 5.96 Å². The summed E-state index contributed by atoms with van der Waals surface area (Å²) in [7, 11) is 0. The first-order valence-corrected chi connectivity index (χ1v) is 42.1. The number of carboxylic acids is 2. The van der Waals surface area contributed by atoms with E-state index in [0.29, 0.717) is 12.0 Å². The molecule has 0 saturated carbocycles. The summed E-state index contributed by atoms with van der Waals surface area (Å²) < 4.78 is 0. The molecule has 688 valence electrons. The summed E-state index contributed by atoms with van der Waals surface area (Å²) in [6, 6.07) is -11.6. The fourth-order valence-electron chi connectivity index (χ4n) is 12.7. The molecule has 0 fully saturated rings. The molecule has 0 radical (unpaired) electrons. The number of aliphatic carboxylic acids is 2. The average Bonchev–Trinajstić information content (AvgIpc) is 0.850. The number of aliphatic imine (C=N–C) groups is 1. The highest BCUT2D eigenvalue weighted by Gasteiger charge is 2.41. The lowest BCUT2D eigenvalue weighted by Gasteiger charge is -2.31. The van der Waals surface area contributed by atoms with Gasteiger partial charge < -0.3 is 113 Å². The van der Waals surface area contributed by atoms with Crippen LogP contribution in [0, 0.1) is 47.3 Å². The van der Waals surface area contributed by atoms with Crippen LogP contribution in [0.5, 0.6) is 0 Å². The number of benzene rings is 1. The van der Waals surface area contributed by atoms with E-state index in [1.54, 1.807) is 141 Å². The number of carbonyl (C=O) groups excluding carboxylic acids is 16. The van der Waals surface area contributed by atoms with Gasteiger partial charge in [0, 0.05) is 32.2 Å². The Kier molecular flexibility index (Phi) is 49.8. The number of rotatable bonds is 59. The monoisotopic (exact) mass is 1730 g/mol. The molecule has 0 spiro atoms. The molecule has 1 aromatic rings. The van der Waals surface area contributed by atoms with E-state index in [9.17, 15) is 96.5 Å². The second kappa shape index (κ2) is 55.8. The summed E-state index contributed by atoms with van der Waals surface area (Å²) in [5.41, 5.74) is 28.4. The summed E-state index contributed by atoms with van der Waals surface area (Å²) >= 11 is 0. The first kappa shape index (κ1) is 109. The molecule has 0 aliphatic rings. The molecule has 1 aromatic carbocycles. The Morgan fingerprint density at radius 1 is 0.344 bits per heavy atom. The molecule has 0 aliphatic heterocycles. The van der Waals surface area contributed by atoms with Crippen molar-refractivity contribution in [1.29, 1.82) is 0 Å². The minimum atomic E-state index is -1.71. The highest BCUT2D eigenvalue weighted by atomic mass is 16.4. The van der Waals surface area contributed by atoms with Gasteiger partial charge in [0.2, 0.25) is 94.5 Å². The smallest absolute Gasteiger partial charge is 0.326 e. The third kappa shape index (κ3) is 40.5. The van der Waals surface area contributed by atoms with Crippen molar-refractivity contribution in [3.05, 3.63) is 35.9 Å². The van der Waals surface area contributed by atoms with Crippen LogP contribution < -0.4 is 103 Å². The van der Waals surface area contributed by atoms with Gasteiger partial charge in [0.1, 0.15) is 84.6 Å². The van der Waals surface area contributed by atoms with E-state index in [4.69, 9.17) is 28.7 Å². The fraction of sp³-hybridized carbons (Fsp3) is 0.695. The Hall–Kier alpha value is -11.1. The second-order valence-corrected chi connectivity index (χ2v) is 33.0. The second-order valence-electron chi connectivity index (χ2n) is 33.0. The molecule has 0 aliphatic carbocycles. The van der Waals surface area contributed by atoms with Crippen LogP contribution in [0.4, 0.5) is 0 Å². The van der Waals surface area contributed by atoms with E-state index in [0.717, 1.165) is 0 Å². The number of carbonyl (C=O) groups is 18. The molecular weight excluding hydrogens is 1590 g/mol. The molecule has 0 bridgehead atoms. The van der Waals surface area contributed by atoms with E-state index in [1.165, 1.54) is 6.92 Å². The Balaban J connectivity index is 3.81. The predicted molar refractivity (Wildman–Crippen MR) is 454 cm³/mol. The fourth-order valence-corrected chi connectivity index (χ4v) is 12.7. The Morgan fingerprint density at radius 2 is 0.648 bits per heavy atom. The van der Waals surface area contributed by atoms with Crippen molar-refractivity contribution in [2.75, 3.05) is 13.1 Å². The first-order chi connectivity index (χ1) is 57.1. The van der Waals surface area contributed by atoms with Crippen molar-refractivity contribution in [3.63, 3.8) is 0 Å². The zero-order valence-corrected chi connectivity index (χ0v) is 73.9. The molecule has 26 N–H and O–H groups in total. The zero-order chi connectivity index (χ0) is 93.1. The number of hydrogen-bond acceptors (Lipinski definition) is 20. The average molecular weight is 1730 g/mol. The lowest BCUT2D eigenvalue weighted by atomic mass is 9.94. The zero-order valence-electron chi connectivity index (χ0n) is 73.9. The third-order valence-electron chi connectivity index (χ3n) is 20.8. The lowest BCUT2D eigenvalue weighted by Crippen LogP contribution is -2.62. The SMILES string of the molecule is CC[C@H](C)[C@H](NC(=O)[C@H](Cc1ccccc1)NC(=O)[C@H](CC(C)C)NC(=O)[C@H](CC(C)C)NC(=O)[C@H](CCC(N)=O)NC(=O)[C@H](CCC(N)=O)NC(=O)[C@H](CC(C)C)NC(=O)[C@@H](NC(=O)[C@H](CCCN=C(N)N)NC(=O)[C@@H](NC(=O)[C@@H](NC(=O)[C@H](C)NC(=O)[C@H](CCC(=O)O)NC(=O)[C@@H](NC(=O)CN)C(C)C)[C@@H](C)CC)[C@@H](C)CC)[C@@H](C)CC)C(=O)O. The quantitative estimate of drug-likeness (QED) is 0.0201. The van der Waals surface area contributed by atoms with Crippen LogP contribution >= 0.6 is 0 Å². The van der Waals surface area contributed by atoms with Gasteiger partial charge >= 0.3 is 11.9 Å². The van der Waals surface area contributed by atoms with Crippen LogP contribution in [0.25, 0.3) is 0 Å². The number of primary amides is 2. The van der Waals surface area contributed by atoms with Crippen molar-refractivity contribution in [1.82, 2.24) is 74.4 Å². The largest absolute Gasteiger partial charge is 0.481 e. The highest BCUT2D eigenvalue weighted by molar-refractivity contribution is 6.01. The minimum Gasteiger partial charge on any atom is -0.481 e. The topological polar surface area (TPSA) is 659 Å². The van der Waals surface area contributed by atoms with Crippen molar-refractivity contribution in [3.8, 4) is 0 Å². The van der Waals surface area contributed by atoms with Crippen molar-refractivity contribution in [2.45, 2.75) is 305 Å². The summed E-state index contributed by atoms with van der Waals surface area (Å²) in [4.78, 5) is 252. The van der Waals surface area contributed by atoms with Crippen molar-refractivity contribution >= 4 is 112 Å². The van der Waals surface area contributed by atoms with Gasteiger partial charge in [-0.1, -0.05) is 167 Å². The number of nitrogens with one attached hydrogen (secondary N) is 14. The maximum atomic E-state index is 14.9.